The molecule has 0 N–H and O–H groups in total. The molecule has 1 aromatic heterocycles. The third-order valence-electron chi connectivity index (χ3n) is 2.89. The van der Waals surface area contributed by atoms with E-state index >= 15 is 0 Å². The molecule has 1 aromatic carbocycles. The lowest BCUT2D eigenvalue weighted by atomic mass is 9.87. The molecular formula is C16H18O2S. The Labute approximate surface area is 118 Å². The molecule has 0 bridgehead atoms. The average Bonchev–Trinajstić information content (AvgIpc) is 2.89. The number of carbonyl (C=O) groups excluding carboxylic acids is 1. The summed E-state index contributed by atoms with van der Waals surface area (Å²) in [6, 6.07) is 11.6. The minimum absolute atomic E-state index is 0.0231. The summed E-state index contributed by atoms with van der Waals surface area (Å²) in [7, 11) is 0. The fraction of sp³-hybridized carbons (Fsp3) is 0.312. The lowest BCUT2D eigenvalue weighted by Gasteiger charge is -2.19. The molecule has 0 aliphatic rings. The first-order chi connectivity index (χ1) is 8.97. The highest BCUT2D eigenvalue weighted by Gasteiger charge is 2.13. The molecule has 0 atom stereocenters. The number of thiophene rings is 1. The fourth-order valence-electron chi connectivity index (χ4n) is 1.71. The maximum Gasteiger partial charge on any atom is 0.210 e. The zero-order chi connectivity index (χ0) is 13.9. The molecule has 3 heteroatoms. The van der Waals surface area contributed by atoms with Crippen molar-refractivity contribution in [2.45, 2.75) is 26.2 Å². The molecule has 0 radical (unpaired) electrons. The summed E-state index contributed by atoms with van der Waals surface area (Å²) in [6.45, 7) is 6.60. The molecule has 0 aliphatic carbocycles. The summed E-state index contributed by atoms with van der Waals surface area (Å²) in [5.41, 5.74) is 1.38. The van der Waals surface area contributed by atoms with E-state index in [1.165, 1.54) is 16.9 Å². The van der Waals surface area contributed by atoms with E-state index in [1.54, 1.807) is 0 Å². The van der Waals surface area contributed by atoms with Gasteiger partial charge in [-0.05, 0) is 34.6 Å². The highest BCUT2D eigenvalue weighted by atomic mass is 32.1. The molecule has 0 spiro atoms. The second kappa shape index (κ2) is 5.57. The van der Waals surface area contributed by atoms with Gasteiger partial charge in [0.15, 0.2) is 6.61 Å². The lowest BCUT2D eigenvalue weighted by Crippen LogP contribution is -2.12. The number of rotatable bonds is 4. The predicted molar refractivity (Wildman–Crippen MR) is 79.3 cm³/mol. The standard InChI is InChI=1S/C16H18O2S/c1-16(2,3)12-6-8-13(9-7-12)18-11-14(17)15-5-4-10-19-15/h4-10H,11H2,1-3H3. The van der Waals surface area contributed by atoms with Crippen molar-refractivity contribution >= 4 is 17.1 Å². The zero-order valence-electron chi connectivity index (χ0n) is 11.5. The smallest absolute Gasteiger partial charge is 0.210 e. The van der Waals surface area contributed by atoms with E-state index in [0.717, 1.165) is 10.6 Å². The molecular weight excluding hydrogens is 256 g/mol. The predicted octanol–water partition coefficient (Wildman–Crippen LogP) is 4.31. The van der Waals surface area contributed by atoms with Crippen LogP contribution >= 0.6 is 11.3 Å². The Morgan fingerprint density at radius 3 is 2.37 bits per heavy atom. The Balaban J connectivity index is 1.95. The van der Waals surface area contributed by atoms with Crippen LogP contribution in [0.1, 0.15) is 36.0 Å². The van der Waals surface area contributed by atoms with Crippen molar-refractivity contribution in [1.82, 2.24) is 0 Å². The number of ketones is 1. The molecule has 1 heterocycles. The monoisotopic (exact) mass is 274 g/mol. The minimum atomic E-state index is 0.0231. The van der Waals surface area contributed by atoms with E-state index in [9.17, 15) is 4.79 Å². The summed E-state index contributed by atoms with van der Waals surface area (Å²) in [5, 5.41) is 1.89. The third-order valence-corrected chi connectivity index (χ3v) is 3.80. The molecule has 2 nitrogen and oxygen atoms in total. The van der Waals surface area contributed by atoms with Gasteiger partial charge in [0.2, 0.25) is 5.78 Å². The van der Waals surface area contributed by atoms with E-state index < -0.39 is 0 Å². The normalized spacial score (nSPS) is 11.3. The average molecular weight is 274 g/mol. The lowest BCUT2D eigenvalue weighted by molar-refractivity contribution is 0.0925. The van der Waals surface area contributed by atoms with Gasteiger partial charge in [0.05, 0.1) is 4.88 Å². The van der Waals surface area contributed by atoms with Crippen LogP contribution < -0.4 is 4.74 Å². The number of carbonyl (C=O) groups is 1. The highest BCUT2D eigenvalue weighted by Crippen LogP contribution is 2.24. The van der Waals surface area contributed by atoms with Gasteiger partial charge in [0.1, 0.15) is 5.75 Å². The van der Waals surface area contributed by atoms with Crippen LogP contribution in [-0.2, 0) is 5.41 Å². The summed E-state index contributed by atoms with van der Waals surface area (Å²) < 4.78 is 5.52. The summed E-state index contributed by atoms with van der Waals surface area (Å²) in [4.78, 5) is 12.5. The Hall–Kier alpha value is -1.61. The van der Waals surface area contributed by atoms with Crippen LogP contribution in [0.2, 0.25) is 0 Å². The first kappa shape index (κ1) is 13.8. The Morgan fingerprint density at radius 2 is 1.84 bits per heavy atom. The van der Waals surface area contributed by atoms with Gasteiger partial charge in [0, 0.05) is 0 Å². The SMILES string of the molecule is CC(C)(C)c1ccc(OCC(=O)c2cccs2)cc1. The van der Waals surface area contributed by atoms with Crippen molar-refractivity contribution in [3.05, 3.63) is 52.2 Å². The van der Waals surface area contributed by atoms with Crippen molar-refractivity contribution in [3.63, 3.8) is 0 Å². The second-order valence-corrected chi connectivity index (χ2v) is 6.41. The number of ether oxygens (including phenoxy) is 1. The van der Waals surface area contributed by atoms with Gasteiger partial charge < -0.3 is 4.74 Å². The molecule has 0 amide bonds. The van der Waals surface area contributed by atoms with Gasteiger partial charge in [-0.2, -0.15) is 0 Å². The molecule has 0 aliphatic heterocycles. The number of hydrogen-bond acceptors (Lipinski definition) is 3. The summed E-state index contributed by atoms with van der Waals surface area (Å²) >= 11 is 1.44. The maximum atomic E-state index is 11.8. The second-order valence-electron chi connectivity index (χ2n) is 5.46. The molecule has 0 fully saturated rings. The summed E-state index contributed by atoms with van der Waals surface area (Å²) in [6.07, 6.45) is 0. The molecule has 2 rings (SSSR count). The van der Waals surface area contributed by atoms with Crippen molar-refractivity contribution in [1.29, 1.82) is 0 Å². The van der Waals surface area contributed by atoms with Gasteiger partial charge in [-0.15, -0.1) is 11.3 Å². The van der Waals surface area contributed by atoms with E-state index in [2.05, 4.69) is 20.8 Å². The largest absolute Gasteiger partial charge is 0.485 e. The van der Waals surface area contributed by atoms with E-state index in [4.69, 9.17) is 4.74 Å². The maximum absolute atomic E-state index is 11.8. The van der Waals surface area contributed by atoms with Crippen LogP contribution in [0, 0.1) is 0 Å². The topological polar surface area (TPSA) is 26.3 Å². The minimum Gasteiger partial charge on any atom is -0.485 e. The van der Waals surface area contributed by atoms with Gasteiger partial charge >= 0.3 is 0 Å². The number of hydrogen-bond donors (Lipinski definition) is 0. The Morgan fingerprint density at radius 1 is 1.16 bits per heavy atom. The highest BCUT2D eigenvalue weighted by molar-refractivity contribution is 7.12. The molecule has 19 heavy (non-hydrogen) atoms. The van der Waals surface area contributed by atoms with Gasteiger partial charge in [-0.3, -0.25) is 4.79 Å². The molecule has 0 saturated heterocycles. The van der Waals surface area contributed by atoms with Crippen LogP contribution in [0.25, 0.3) is 0 Å². The third kappa shape index (κ3) is 3.67. The number of Topliss-reactive ketones (excluding diaryl/α,β-unsaturated/α-hetero) is 1. The van der Waals surface area contributed by atoms with E-state index in [1.807, 2.05) is 41.8 Å². The van der Waals surface area contributed by atoms with Crippen LogP contribution in [0.4, 0.5) is 0 Å². The molecule has 0 unspecified atom stereocenters. The quantitative estimate of drug-likeness (QED) is 0.777. The first-order valence-corrected chi connectivity index (χ1v) is 7.15. The zero-order valence-corrected chi connectivity index (χ0v) is 12.3. The number of benzene rings is 1. The van der Waals surface area contributed by atoms with Gasteiger partial charge in [-0.25, -0.2) is 0 Å². The van der Waals surface area contributed by atoms with Crippen molar-refractivity contribution < 1.29 is 9.53 Å². The van der Waals surface area contributed by atoms with E-state index in [0.29, 0.717) is 0 Å². The van der Waals surface area contributed by atoms with Crippen molar-refractivity contribution in [3.8, 4) is 5.75 Å². The Bertz CT molecular complexity index is 533. The van der Waals surface area contributed by atoms with Crippen molar-refractivity contribution in [2.24, 2.45) is 0 Å². The van der Waals surface area contributed by atoms with Crippen LogP contribution in [-0.4, -0.2) is 12.4 Å². The van der Waals surface area contributed by atoms with Crippen molar-refractivity contribution in [2.75, 3.05) is 6.61 Å². The summed E-state index contributed by atoms with van der Waals surface area (Å²) in [5.74, 6) is 0.757. The first-order valence-electron chi connectivity index (χ1n) is 6.27. The Kier molecular flexibility index (Phi) is 4.05. The molecule has 2 aromatic rings. The van der Waals surface area contributed by atoms with Gasteiger partial charge in [0.25, 0.3) is 0 Å². The van der Waals surface area contributed by atoms with Crippen LogP contribution in [0.5, 0.6) is 5.75 Å². The van der Waals surface area contributed by atoms with Crippen LogP contribution in [0.15, 0.2) is 41.8 Å². The molecule has 0 saturated carbocycles. The fourth-order valence-corrected chi connectivity index (χ4v) is 2.36. The van der Waals surface area contributed by atoms with Gasteiger partial charge in [-0.1, -0.05) is 39.0 Å². The van der Waals surface area contributed by atoms with Crippen LogP contribution in [0.3, 0.4) is 0 Å². The van der Waals surface area contributed by atoms with E-state index in [-0.39, 0.29) is 17.8 Å². The molecule has 100 valence electrons.